The summed E-state index contributed by atoms with van der Waals surface area (Å²) in [6.45, 7) is 14.2. The molecule has 1 unspecified atom stereocenters. The van der Waals surface area contributed by atoms with Crippen LogP contribution in [0.3, 0.4) is 0 Å². The van der Waals surface area contributed by atoms with Crippen LogP contribution in [0.25, 0.3) is 0 Å². The molecule has 1 aromatic heterocycles. The van der Waals surface area contributed by atoms with Crippen molar-refractivity contribution in [3.05, 3.63) is 51.7 Å². The fourth-order valence-corrected chi connectivity index (χ4v) is 5.56. The molecule has 1 aromatic carbocycles. The molecule has 0 bridgehead atoms. The van der Waals surface area contributed by atoms with Gasteiger partial charge in [0.05, 0.1) is 5.69 Å². The molecule has 0 saturated carbocycles. The number of aliphatic carboxylic acids is 1. The summed E-state index contributed by atoms with van der Waals surface area (Å²) < 4.78 is 11.4. The number of carbonyl (C=O) groups is 4. The van der Waals surface area contributed by atoms with E-state index in [1.165, 1.54) is 16.2 Å². The molecule has 0 aliphatic carbocycles. The molecule has 0 spiro atoms. The number of anilines is 1. The van der Waals surface area contributed by atoms with Crippen LogP contribution in [0.15, 0.2) is 35.7 Å². The van der Waals surface area contributed by atoms with Crippen molar-refractivity contribution in [1.29, 1.82) is 0 Å². The highest BCUT2D eigenvalue weighted by atomic mass is 32.1. The van der Waals surface area contributed by atoms with Crippen LogP contribution in [0.4, 0.5) is 10.5 Å². The van der Waals surface area contributed by atoms with E-state index >= 15 is 0 Å². The van der Waals surface area contributed by atoms with E-state index in [9.17, 15) is 24.3 Å². The van der Waals surface area contributed by atoms with Crippen LogP contribution in [0.2, 0.25) is 0 Å². The van der Waals surface area contributed by atoms with Crippen molar-refractivity contribution in [3.63, 3.8) is 0 Å². The van der Waals surface area contributed by atoms with Crippen molar-refractivity contribution in [2.24, 2.45) is 5.92 Å². The fourth-order valence-electron chi connectivity index (χ4n) is 4.77. The van der Waals surface area contributed by atoms with Crippen LogP contribution >= 0.6 is 11.3 Å². The van der Waals surface area contributed by atoms with E-state index in [-0.39, 0.29) is 25.2 Å². The Balaban J connectivity index is 2.17. The number of amides is 2. The average Bonchev–Trinajstić information content (AvgIpc) is 3.38. The summed E-state index contributed by atoms with van der Waals surface area (Å²) in [7, 11) is 0. The van der Waals surface area contributed by atoms with Gasteiger partial charge in [0, 0.05) is 12.8 Å². The number of para-hydroxylation sites is 1. The van der Waals surface area contributed by atoms with Crippen LogP contribution in [0.5, 0.6) is 0 Å². The Kier molecular flexibility index (Phi) is 9.03. The lowest BCUT2D eigenvalue weighted by atomic mass is 9.85. The standard InChI is InChI=1S/C30H40N2O7S/c1-18(2)15-21(24(33)34)31-26(36)30(17-20-13-14-40-23(20)25(35)38-28(3,4)5)16-19-11-9-10-12-22(19)32(30)27(37)39-29(6,7)8/h9-14,18,21H,15-17H2,1-8H3,(H,31,36)(H,33,34)/t21-,30?/m0/s1. The molecule has 3 rings (SSSR count). The number of benzene rings is 1. The molecule has 2 heterocycles. The van der Waals surface area contributed by atoms with E-state index < -0.39 is 46.7 Å². The summed E-state index contributed by atoms with van der Waals surface area (Å²) in [6.07, 6.45) is -0.486. The minimum atomic E-state index is -1.60. The van der Waals surface area contributed by atoms with Gasteiger partial charge >= 0.3 is 18.0 Å². The molecule has 2 amide bonds. The topological polar surface area (TPSA) is 122 Å². The quantitative estimate of drug-likeness (QED) is 0.395. The lowest BCUT2D eigenvalue weighted by Gasteiger charge is -2.39. The second kappa shape index (κ2) is 11.6. The normalized spacial score (nSPS) is 17.8. The molecule has 1 aliphatic rings. The Morgan fingerprint density at radius 3 is 2.23 bits per heavy atom. The number of ether oxygens (including phenoxy) is 2. The zero-order valence-electron chi connectivity index (χ0n) is 24.5. The van der Waals surface area contributed by atoms with Gasteiger partial charge in [-0.15, -0.1) is 11.3 Å². The molecule has 40 heavy (non-hydrogen) atoms. The number of nitrogens with one attached hydrogen (secondary N) is 1. The molecule has 218 valence electrons. The molecule has 1 aliphatic heterocycles. The van der Waals surface area contributed by atoms with Crippen molar-refractivity contribution in [2.45, 2.75) is 97.4 Å². The summed E-state index contributed by atoms with van der Waals surface area (Å²) in [6, 6.07) is 7.71. The summed E-state index contributed by atoms with van der Waals surface area (Å²) in [5, 5.41) is 14.3. The fraction of sp³-hybridized carbons (Fsp3) is 0.533. The summed E-state index contributed by atoms with van der Waals surface area (Å²) >= 11 is 1.19. The maximum Gasteiger partial charge on any atom is 0.415 e. The SMILES string of the molecule is CC(C)C[C@H](NC(=O)C1(Cc2ccsc2C(=O)OC(C)(C)C)Cc2ccccc2N1C(=O)OC(C)(C)C)C(=O)O. The molecular weight excluding hydrogens is 532 g/mol. The minimum absolute atomic E-state index is 0.00395. The smallest absolute Gasteiger partial charge is 0.415 e. The third-order valence-corrected chi connectivity index (χ3v) is 7.20. The molecule has 0 radical (unpaired) electrons. The molecule has 10 heteroatoms. The van der Waals surface area contributed by atoms with Gasteiger partial charge < -0.3 is 19.9 Å². The predicted molar refractivity (Wildman–Crippen MR) is 154 cm³/mol. The van der Waals surface area contributed by atoms with Gasteiger partial charge in [0.25, 0.3) is 0 Å². The first-order chi connectivity index (χ1) is 18.4. The van der Waals surface area contributed by atoms with Gasteiger partial charge in [-0.05, 0) is 82.5 Å². The van der Waals surface area contributed by atoms with Crippen LogP contribution in [-0.2, 0) is 31.9 Å². The third kappa shape index (κ3) is 7.21. The van der Waals surface area contributed by atoms with Gasteiger partial charge in [-0.25, -0.2) is 14.4 Å². The molecule has 0 saturated heterocycles. The van der Waals surface area contributed by atoms with E-state index in [0.29, 0.717) is 16.1 Å². The Morgan fingerprint density at radius 2 is 1.65 bits per heavy atom. The third-order valence-electron chi connectivity index (χ3n) is 6.27. The first-order valence-electron chi connectivity index (χ1n) is 13.4. The Labute approximate surface area is 239 Å². The van der Waals surface area contributed by atoms with Crippen molar-refractivity contribution in [2.75, 3.05) is 4.90 Å². The molecular formula is C30H40N2O7S. The Hall–Kier alpha value is -3.40. The number of hydrogen-bond donors (Lipinski definition) is 2. The number of carboxylic acids is 1. The maximum absolute atomic E-state index is 14.3. The highest BCUT2D eigenvalue weighted by Crippen LogP contribution is 2.43. The highest BCUT2D eigenvalue weighted by Gasteiger charge is 2.54. The van der Waals surface area contributed by atoms with Crippen LogP contribution in [0.1, 0.15) is 82.6 Å². The summed E-state index contributed by atoms with van der Waals surface area (Å²) in [5.74, 6) is -2.34. The molecule has 2 aromatic rings. The minimum Gasteiger partial charge on any atom is -0.480 e. The van der Waals surface area contributed by atoms with E-state index in [4.69, 9.17) is 9.47 Å². The first-order valence-corrected chi connectivity index (χ1v) is 14.3. The lowest BCUT2D eigenvalue weighted by molar-refractivity contribution is -0.143. The van der Waals surface area contributed by atoms with Crippen LogP contribution < -0.4 is 10.2 Å². The van der Waals surface area contributed by atoms with E-state index in [0.717, 1.165) is 5.56 Å². The first kappa shape index (κ1) is 31.1. The van der Waals surface area contributed by atoms with Crippen LogP contribution in [0, 0.1) is 5.92 Å². The van der Waals surface area contributed by atoms with Gasteiger partial charge in [0.2, 0.25) is 5.91 Å². The predicted octanol–water partition coefficient (Wildman–Crippen LogP) is 5.60. The summed E-state index contributed by atoms with van der Waals surface area (Å²) in [4.78, 5) is 55.0. The molecule has 2 atom stereocenters. The number of carboxylic acid groups (broad SMARTS) is 1. The number of fused-ring (bicyclic) bond motifs is 1. The largest absolute Gasteiger partial charge is 0.480 e. The molecule has 0 fully saturated rings. The molecule has 9 nitrogen and oxygen atoms in total. The number of nitrogens with zero attached hydrogens (tertiary/aromatic N) is 1. The second-order valence-corrected chi connectivity index (χ2v) is 13.5. The Bertz CT molecular complexity index is 1270. The van der Waals surface area contributed by atoms with Crippen LogP contribution in [-0.4, -0.2) is 51.8 Å². The van der Waals surface area contributed by atoms with Crippen molar-refractivity contribution in [1.82, 2.24) is 5.32 Å². The zero-order chi connectivity index (χ0) is 30.0. The van der Waals surface area contributed by atoms with Crippen molar-refractivity contribution in [3.8, 4) is 0 Å². The van der Waals surface area contributed by atoms with E-state index in [1.54, 1.807) is 65.1 Å². The number of carbonyl (C=O) groups excluding carboxylic acids is 3. The van der Waals surface area contributed by atoms with Crippen molar-refractivity contribution >= 4 is 41.0 Å². The van der Waals surface area contributed by atoms with Gasteiger partial charge in [0.15, 0.2) is 0 Å². The summed E-state index contributed by atoms with van der Waals surface area (Å²) in [5.41, 5.74) is -1.45. The zero-order valence-corrected chi connectivity index (χ0v) is 25.3. The van der Waals surface area contributed by atoms with Crippen molar-refractivity contribution < 1.29 is 33.8 Å². The number of esters is 1. The second-order valence-electron chi connectivity index (χ2n) is 12.6. The van der Waals surface area contributed by atoms with Gasteiger partial charge in [-0.1, -0.05) is 32.0 Å². The van der Waals surface area contributed by atoms with E-state index in [2.05, 4.69) is 5.32 Å². The van der Waals surface area contributed by atoms with E-state index in [1.807, 2.05) is 26.0 Å². The number of thiophene rings is 1. The number of hydrogen-bond acceptors (Lipinski definition) is 7. The molecule has 2 N–H and O–H groups in total. The monoisotopic (exact) mass is 572 g/mol. The maximum atomic E-state index is 14.3. The average molecular weight is 573 g/mol. The van der Waals surface area contributed by atoms with Gasteiger partial charge in [0.1, 0.15) is 27.7 Å². The lowest BCUT2D eigenvalue weighted by Crippen LogP contribution is -2.63. The number of rotatable bonds is 8. The van der Waals surface area contributed by atoms with Gasteiger partial charge in [-0.3, -0.25) is 9.69 Å². The highest BCUT2D eigenvalue weighted by molar-refractivity contribution is 7.12. The Morgan fingerprint density at radius 1 is 1.02 bits per heavy atom. The van der Waals surface area contributed by atoms with Gasteiger partial charge in [-0.2, -0.15) is 0 Å².